The number of aliphatic hydroxyl groups is 1. The molecular formula is C17H17ClFN5O5. The molecule has 3 amide bonds. The van der Waals surface area contributed by atoms with Crippen molar-refractivity contribution in [2.75, 3.05) is 11.4 Å². The van der Waals surface area contributed by atoms with Crippen molar-refractivity contribution in [2.45, 2.75) is 25.3 Å². The van der Waals surface area contributed by atoms with Crippen LogP contribution in [0, 0.1) is 5.82 Å². The minimum absolute atomic E-state index is 0.0599. The van der Waals surface area contributed by atoms with Crippen LogP contribution < -0.4 is 16.0 Å². The highest BCUT2D eigenvalue weighted by atomic mass is 35.5. The Kier molecular flexibility index (Phi) is 5.71. The Bertz CT molecular complexity index is 947. The topological polar surface area (TPSA) is 140 Å². The largest absolute Gasteiger partial charge is 0.410 e. The summed E-state index contributed by atoms with van der Waals surface area (Å²) in [6, 6.07) is 3.74. The molecule has 4 N–H and O–H groups in total. The zero-order chi connectivity index (χ0) is 21.2. The molecular weight excluding hydrogens is 409 g/mol. The standard InChI is InChI=1S/C17H17ClFN5O5/c18-11-3-10(4-12(19)5-11)6-21-16(27)29-17(28)1-2-24(15(17)26)13-7-22-23(8-13)9-14(20)25/h3-5,7-8,28H,1-2,6,9H2,(H2,20,25)(H,21,27)/t17-/m0/s1. The van der Waals surface area contributed by atoms with Crippen molar-refractivity contribution in [3.8, 4) is 0 Å². The first-order chi connectivity index (χ1) is 13.7. The Morgan fingerprint density at radius 3 is 2.86 bits per heavy atom. The Morgan fingerprint density at radius 2 is 2.17 bits per heavy atom. The van der Waals surface area contributed by atoms with E-state index in [1.165, 1.54) is 34.1 Å². The third kappa shape index (κ3) is 4.81. The number of nitrogens with one attached hydrogen (secondary N) is 1. The molecule has 154 valence electrons. The lowest BCUT2D eigenvalue weighted by atomic mass is 10.2. The maximum absolute atomic E-state index is 13.3. The molecule has 10 nitrogen and oxygen atoms in total. The SMILES string of the molecule is NC(=O)Cn1cc(N2CC[C@](O)(OC(=O)NCc3cc(F)cc(Cl)c3)C2=O)cn1. The van der Waals surface area contributed by atoms with Gasteiger partial charge in [0.05, 0.1) is 11.9 Å². The molecule has 0 radical (unpaired) electrons. The van der Waals surface area contributed by atoms with Crippen molar-refractivity contribution in [3.05, 3.63) is 47.0 Å². The van der Waals surface area contributed by atoms with Gasteiger partial charge in [0.15, 0.2) is 0 Å². The molecule has 1 aromatic heterocycles. The Labute approximate surface area is 169 Å². The molecule has 12 heteroatoms. The molecule has 1 saturated heterocycles. The molecule has 0 aliphatic carbocycles. The quantitative estimate of drug-likeness (QED) is 0.576. The van der Waals surface area contributed by atoms with Crippen LogP contribution in [-0.2, 0) is 27.4 Å². The van der Waals surface area contributed by atoms with Gasteiger partial charge in [-0.3, -0.25) is 14.3 Å². The van der Waals surface area contributed by atoms with Gasteiger partial charge in [0.1, 0.15) is 12.4 Å². The molecule has 2 aromatic rings. The van der Waals surface area contributed by atoms with Gasteiger partial charge in [-0.05, 0) is 23.8 Å². The van der Waals surface area contributed by atoms with E-state index in [1.54, 1.807) is 0 Å². The first-order valence-electron chi connectivity index (χ1n) is 8.43. The minimum Gasteiger partial charge on any atom is -0.407 e. The maximum atomic E-state index is 13.3. The van der Waals surface area contributed by atoms with E-state index in [9.17, 15) is 23.9 Å². The number of hydrogen-bond acceptors (Lipinski definition) is 6. The Balaban J connectivity index is 1.60. The average Bonchev–Trinajstić information content (AvgIpc) is 3.17. The Morgan fingerprint density at radius 1 is 1.41 bits per heavy atom. The summed E-state index contributed by atoms with van der Waals surface area (Å²) in [4.78, 5) is 36.6. The highest BCUT2D eigenvalue weighted by Crippen LogP contribution is 2.29. The molecule has 29 heavy (non-hydrogen) atoms. The van der Waals surface area contributed by atoms with E-state index in [4.69, 9.17) is 22.1 Å². The van der Waals surface area contributed by atoms with E-state index in [1.807, 2.05) is 0 Å². The van der Waals surface area contributed by atoms with Crippen LogP contribution in [0.15, 0.2) is 30.6 Å². The summed E-state index contributed by atoms with van der Waals surface area (Å²) < 4.78 is 19.5. The summed E-state index contributed by atoms with van der Waals surface area (Å²) in [6.07, 6.45) is 1.49. The van der Waals surface area contributed by atoms with E-state index in [0.29, 0.717) is 11.3 Å². The van der Waals surface area contributed by atoms with Gasteiger partial charge in [0, 0.05) is 30.7 Å². The van der Waals surface area contributed by atoms with Crippen molar-refractivity contribution in [1.82, 2.24) is 15.1 Å². The number of aromatic nitrogens is 2. The first kappa shape index (κ1) is 20.6. The summed E-state index contributed by atoms with van der Waals surface area (Å²) in [7, 11) is 0. The third-order valence-electron chi connectivity index (χ3n) is 4.12. The normalized spacial score (nSPS) is 18.7. The van der Waals surface area contributed by atoms with Crippen LogP contribution in [0.3, 0.4) is 0 Å². The van der Waals surface area contributed by atoms with Crippen molar-refractivity contribution < 1.29 is 28.6 Å². The van der Waals surface area contributed by atoms with Gasteiger partial charge < -0.3 is 25.8 Å². The molecule has 0 saturated carbocycles. The number of primary amides is 1. The number of carbonyl (C=O) groups excluding carboxylic acids is 3. The fourth-order valence-electron chi connectivity index (χ4n) is 2.84. The van der Waals surface area contributed by atoms with E-state index < -0.39 is 29.5 Å². The molecule has 1 fully saturated rings. The van der Waals surface area contributed by atoms with Crippen LogP contribution in [0.5, 0.6) is 0 Å². The summed E-state index contributed by atoms with van der Waals surface area (Å²) in [6.45, 7) is -0.232. The Hall–Kier alpha value is -3.18. The second-order valence-electron chi connectivity index (χ2n) is 6.37. The first-order valence-corrected chi connectivity index (χ1v) is 8.81. The average molecular weight is 426 g/mol. The highest BCUT2D eigenvalue weighted by molar-refractivity contribution is 6.30. The lowest BCUT2D eigenvalue weighted by Crippen LogP contribution is -2.46. The third-order valence-corrected chi connectivity index (χ3v) is 4.34. The van der Waals surface area contributed by atoms with Crippen LogP contribution >= 0.6 is 11.6 Å². The molecule has 3 rings (SSSR count). The second-order valence-corrected chi connectivity index (χ2v) is 6.81. The van der Waals surface area contributed by atoms with Gasteiger partial charge in [-0.1, -0.05) is 11.6 Å². The zero-order valence-corrected chi connectivity index (χ0v) is 15.7. The fourth-order valence-corrected chi connectivity index (χ4v) is 3.08. The lowest BCUT2D eigenvalue weighted by Gasteiger charge is -2.21. The van der Waals surface area contributed by atoms with E-state index in [2.05, 4.69) is 10.4 Å². The number of nitrogens with zero attached hydrogens (tertiary/aromatic N) is 3. The number of carbonyl (C=O) groups is 3. The van der Waals surface area contributed by atoms with Crippen molar-refractivity contribution in [1.29, 1.82) is 0 Å². The molecule has 2 heterocycles. The number of alkyl carbamates (subject to hydrolysis) is 1. The number of hydrogen-bond donors (Lipinski definition) is 3. The van der Waals surface area contributed by atoms with Gasteiger partial charge in [-0.2, -0.15) is 5.10 Å². The maximum Gasteiger partial charge on any atom is 0.410 e. The van der Waals surface area contributed by atoms with Crippen LogP contribution in [0.4, 0.5) is 14.9 Å². The number of ether oxygens (including phenoxy) is 1. The lowest BCUT2D eigenvalue weighted by molar-refractivity contribution is -0.175. The van der Waals surface area contributed by atoms with Gasteiger partial charge in [0.25, 0.3) is 11.7 Å². The summed E-state index contributed by atoms with van der Waals surface area (Å²) >= 11 is 5.74. The van der Waals surface area contributed by atoms with Crippen molar-refractivity contribution >= 4 is 35.2 Å². The highest BCUT2D eigenvalue weighted by Gasteiger charge is 2.50. The van der Waals surface area contributed by atoms with Crippen LogP contribution in [0.2, 0.25) is 5.02 Å². The minimum atomic E-state index is -2.37. The van der Waals surface area contributed by atoms with Gasteiger partial charge in [0.2, 0.25) is 5.91 Å². The number of anilines is 1. The van der Waals surface area contributed by atoms with E-state index >= 15 is 0 Å². The molecule has 1 aliphatic heterocycles. The number of halogens is 2. The predicted molar refractivity (Wildman–Crippen MR) is 98.1 cm³/mol. The van der Waals surface area contributed by atoms with Gasteiger partial charge >= 0.3 is 6.09 Å². The van der Waals surface area contributed by atoms with Crippen LogP contribution in [-0.4, -0.2) is 45.1 Å². The van der Waals surface area contributed by atoms with Crippen molar-refractivity contribution in [2.24, 2.45) is 5.73 Å². The number of amides is 3. The number of rotatable bonds is 6. The number of benzene rings is 1. The number of nitrogens with two attached hydrogens (primary N) is 1. The molecule has 0 bridgehead atoms. The summed E-state index contributed by atoms with van der Waals surface area (Å²) in [5, 5.41) is 16.8. The summed E-state index contributed by atoms with van der Waals surface area (Å²) in [5.41, 5.74) is 5.77. The molecule has 0 spiro atoms. The molecule has 0 unspecified atom stereocenters. The van der Waals surface area contributed by atoms with E-state index in [0.717, 1.165) is 6.07 Å². The van der Waals surface area contributed by atoms with Gasteiger partial charge in [-0.15, -0.1) is 0 Å². The van der Waals surface area contributed by atoms with Crippen LogP contribution in [0.25, 0.3) is 0 Å². The second kappa shape index (κ2) is 8.05. The smallest absolute Gasteiger partial charge is 0.407 e. The summed E-state index contributed by atoms with van der Waals surface area (Å²) in [5.74, 6) is -4.40. The van der Waals surface area contributed by atoms with Gasteiger partial charge in [-0.25, -0.2) is 9.18 Å². The molecule has 1 atom stereocenters. The monoisotopic (exact) mass is 425 g/mol. The van der Waals surface area contributed by atoms with E-state index in [-0.39, 0.29) is 31.1 Å². The molecule has 1 aliphatic rings. The van der Waals surface area contributed by atoms with Crippen LogP contribution in [0.1, 0.15) is 12.0 Å². The predicted octanol–water partition coefficient (Wildman–Crippen LogP) is 0.513. The fraction of sp³-hybridized carbons (Fsp3) is 0.294. The molecule has 1 aromatic carbocycles. The van der Waals surface area contributed by atoms with Crippen molar-refractivity contribution in [3.63, 3.8) is 0 Å². The zero-order valence-electron chi connectivity index (χ0n) is 15.0.